The summed E-state index contributed by atoms with van der Waals surface area (Å²) >= 11 is 9.72. The van der Waals surface area contributed by atoms with Crippen LogP contribution in [0.5, 0.6) is 0 Å². The van der Waals surface area contributed by atoms with Crippen LogP contribution in [0.2, 0.25) is 5.02 Å². The van der Waals surface area contributed by atoms with Gasteiger partial charge in [-0.05, 0) is 66.9 Å². The number of para-hydroxylation sites is 1. The topological polar surface area (TPSA) is 86.8 Å². The number of hydrogen-bond acceptors (Lipinski definition) is 4. The van der Waals surface area contributed by atoms with Gasteiger partial charge in [0.2, 0.25) is 21.8 Å². The van der Waals surface area contributed by atoms with E-state index in [2.05, 4.69) is 21.2 Å². The van der Waals surface area contributed by atoms with Crippen molar-refractivity contribution in [1.29, 1.82) is 0 Å². The maximum Gasteiger partial charge on any atom is 0.244 e. The summed E-state index contributed by atoms with van der Waals surface area (Å²) in [6.07, 6.45) is 1.38. The Bertz CT molecular complexity index is 1140. The van der Waals surface area contributed by atoms with Crippen molar-refractivity contribution in [3.63, 3.8) is 0 Å². The van der Waals surface area contributed by atoms with Gasteiger partial charge in [0.1, 0.15) is 12.6 Å². The SMILES string of the molecule is CC[C@@H](C(=O)NC(C)(C)C)N(Cc1ccccc1Cl)C(=O)CN(c1ccccc1Br)S(C)(=O)=O. The van der Waals surface area contributed by atoms with Crippen LogP contribution in [0.25, 0.3) is 0 Å². The van der Waals surface area contributed by atoms with Gasteiger partial charge >= 0.3 is 0 Å². The van der Waals surface area contributed by atoms with E-state index in [1.165, 1.54) is 4.90 Å². The van der Waals surface area contributed by atoms with Crippen LogP contribution < -0.4 is 9.62 Å². The summed E-state index contributed by atoms with van der Waals surface area (Å²) in [5.74, 6) is -0.834. The van der Waals surface area contributed by atoms with E-state index < -0.39 is 34.1 Å². The summed E-state index contributed by atoms with van der Waals surface area (Å²) in [6.45, 7) is 6.97. The second-order valence-corrected chi connectivity index (χ2v) is 12.2. The molecule has 0 radical (unpaired) electrons. The zero-order valence-corrected chi connectivity index (χ0v) is 23.2. The lowest BCUT2D eigenvalue weighted by atomic mass is 10.1. The minimum atomic E-state index is -3.80. The molecule has 2 aromatic rings. The smallest absolute Gasteiger partial charge is 0.244 e. The Labute approximate surface area is 215 Å². The second kappa shape index (κ2) is 11.6. The maximum absolute atomic E-state index is 13.7. The van der Waals surface area contributed by atoms with E-state index in [9.17, 15) is 18.0 Å². The summed E-state index contributed by atoms with van der Waals surface area (Å²) in [5, 5.41) is 3.38. The molecule has 1 atom stereocenters. The first-order valence-corrected chi connectivity index (χ1v) is 13.8. The molecule has 1 N–H and O–H groups in total. The van der Waals surface area contributed by atoms with Gasteiger partial charge in [-0.2, -0.15) is 0 Å². The van der Waals surface area contributed by atoms with Crippen molar-refractivity contribution >= 4 is 55.1 Å². The molecule has 0 bridgehead atoms. The molecule has 0 aliphatic heterocycles. The third-order valence-corrected chi connectivity index (χ3v) is 7.15. The number of nitrogens with zero attached hydrogens (tertiary/aromatic N) is 2. The fraction of sp³-hybridized carbons (Fsp3) is 0.417. The van der Waals surface area contributed by atoms with E-state index >= 15 is 0 Å². The van der Waals surface area contributed by atoms with Crippen molar-refractivity contribution < 1.29 is 18.0 Å². The molecule has 0 aliphatic rings. The van der Waals surface area contributed by atoms with Crippen molar-refractivity contribution in [3.05, 3.63) is 63.6 Å². The molecule has 0 saturated carbocycles. The van der Waals surface area contributed by atoms with Gasteiger partial charge in [0.25, 0.3) is 0 Å². The van der Waals surface area contributed by atoms with Crippen LogP contribution in [0.3, 0.4) is 0 Å². The molecule has 2 rings (SSSR count). The van der Waals surface area contributed by atoms with Gasteiger partial charge in [0, 0.05) is 21.6 Å². The number of carbonyl (C=O) groups excluding carboxylic acids is 2. The molecule has 0 aliphatic carbocycles. The minimum absolute atomic E-state index is 0.0577. The summed E-state index contributed by atoms with van der Waals surface area (Å²) in [5.41, 5.74) is 0.492. The summed E-state index contributed by atoms with van der Waals surface area (Å²) in [6, 6.07) is 13.0. The summed E-state index contributed by atoms with van der Waals surface area (Å²) < 4.78 is 26.9. The summed E-state index contributed by atoms with van der Waals surface area (Å²) in [7, 11) is -3.80. The molecule has 34 heavy (non-hydrogen) atoms. The highest BCUT2D eigenvalue weighted by molar-refractivity contribution is 9.10. The zero-order chi connectivity index (χ0) is 25.7. The Morgan fingerprint density at radius 2 is 1.68 bits per heavy atom. The second-order valence-electron chi connectivity index (χ2n) is 9.00. The largest absolute Gasteiger partial charge is 0.350 e. The van der Waals surface area contributed by atoms with Crippen molar-refractivity contribution in [1.82, 2.24) is 10.2 Å². The van der Waals surface area contributed by atoms with E-state index in [1.54, 1.807) is 48.5 Å². The predicted octanol–water partition coefficient (Wildman–Crippen LogP) is 4.59. The Morgan fingerprint density at radius 3 is 2.21 bits per heavy atom. The number of anilines is 1. The highest BCUT2D eigenvalue weighted by atomic mass is 79.9. The maximum atomic E-state index is 13.7. The van der Waals surface area contributed by atoms with Crippen LogP contribution in [0.1, 0.15) is 39.7 Å². The molecule has 0 fully saturated rings. The van der Waals surface area contributed by atoms with Gasteiger partial charge in [0.05, 0.1) is 11.9 Å². The monoisotopic (exact) mass is 571 g/mol. The highest BCUT2D eigenvalue weighted by Gasteiger charge is 2.33. The lowest BCUT2D eigenvalue weighted by molar-refractivity contribution is -0.141. The molecule has 2 amide bonds. The Balaban J connectivity index is 2.49. The van der Waals surface area contributed by atoms with Gasteiger partial charge in [-0.15, -0.1) is 0 Å². The molecule has 0 spiro atoms. The third-order valence-electron chi connectivity index (χ3n) is 4.98. The average Bonchev–Trinajstić information content (AvgIpc) is 2.71. The fourth-order valence-corrected chi connectivity index (χ4v) is 5.10. The molecule has 0 unspecified atom stereocenters. The predicted molar refractivity (Wildman–Crippen MR) is 140 cm³/mol. The van der Waals surface area contributed by atoms with Crippen LogP contribution in [0.4, 0.5) is 5.69 Å². The molecule has 0 saturated heterocycles. The molecule has 7 nitrogen and oxygen atoms in total. The number of nitrogens with one attached hydrogen (secondary N) is 1. The average molecular weight is 573 g/mol. The first kappa shape index (κ1) is 28.1. The molecular weight excluding hydrogens is 542 g/mol. The van der Waals surface area contributed by atoms with Crippen molar-refractivity contribution in [3.8, 4) is 0 Å². The van der Waals surface area contributed by atoms with Gasteiger partial charge in [0.15, 0.2) is 0 Å². The van der Waals surface area contributed by atoms with Gasteiger partial charge in [-0.3, -0.25) is 13.9 Å². The van der Waals surface area contributed by atoms with E-state index in [0.717, 1.165) is 10.6 Å². The minimum Gasteiger partial charge on any atom is -0.350 e. The highest BCUT2D eigenvalue weighted by Crippen LogP contribution is 2.28. The van der Waals surface area contributed by atoms with Crippen molar-refractivity contribution in [2.45, 2.75) is 52.2 Å². The normalized spacial score (nSPS) is 12.7. The molecule has 10 heteroatoms. The first-order chi connectivity index (χ1) is 15.7. The zero-order valence-electron chi connectivity index (χ0n) is 20.0. The number of carbonyl (C=O) groups is 2. The molecular formula is C24H31BrClN3O4S. The number of amides is 2. The van der Waals surface area contributed by atoms with E-state index in [0.29, 0.717) is 27.2 Å². The fourth-order valence-electron chi connectivity index (χ4n) is 3.43. The van der Waals surface area contributed by atoms with Gasteiger partial charge in [-0.1, -0.05) is 48.9 Å². The number of sulfonamides is 1. The number of benzene rings is 2. The Hall–Kier alpha value is -2.10. The first-order valence-electron chi connectivity index (χ1n) is 10.8. The Morgan fingerprint density at radius 1 is 1.09 bits per heavy atom. The Kier molecular flexibility index (Phi) is 9.56. The van der Waals surface area contributed by atoms with Crippen molar-refractivity contribution in [2.24, 2.45) is 0 Å². The lowest BCUT2D eigenvalue weighted by Crippen LogP contribution is -2.55. The van der Waals surface area contributed by atoms with E-state index in [1.807, 2.05) is 27.7 Å². The van der Waals surface area contributed by atoms with Crippen molar-refractivity contribution in [2.75, 3.05) is 17.1 Å². The van der Waals surface area contributed by atoms with Crippen LogP contribution in [-0.4, -0.2) is 49.5 Å². The molecule has 2 aromatic carbocycles. The standard InChI is InChI=1S/C24H31BrClN3O4S/c1-6-20(23(31)27-24(2,3)4)28(15-17-11-7-9-13-19(17)26)22(30)16-29(34(5,32)33)21-14-10-8-12-18(21)25/h7-14,20H,6,15-16H2,1-5H3,(H,27,31)/t20-/m0/s1. The molecule has 0 heterocycles. The molecule has 186 valence electrons. The van der Waals surface area contributed by atoms with E-state index in [4.69, 9.17) is 11.6 Å². The van der Waals surface area contributed by atoms with Gasteiger partial charge in [-0.25, -0.2) is 8.42 Å². The third kappa shape index (κ3) is 7.71. The molecule has 0 aromatic heterocycles. The van der Waals surface area contributed by atoms with Crippen LogP contribution >= 0.6 is 27.5 Å². The number of halogens is 2. The number of rotatable bonds is 9. The summed E-state index contributed by atoms with van der Waals surface area (Å²) in [4.78, 5) is 28.2. The lowest BCUT2D eigenvalue weighted by Gasteiger charge is -2.34. The van der Waals surface area contributed by atoms with Gasteiger partial charge < -0.3 is 10.2 Å². The van der Waals surface area contributed by atoms with E-state index in [-0.39, 0.29) is 12.5 Å². The van der Waals surface area contributed by atoms with Crippen LogP contribution in [-0.2, 0) is 26.2 Å². The van der Waals surface area contributed by atoms with Crippen LogP contribution in [0, 0.1) is 0 Å². The number of hydrogen-bond donors (Lipinski definition) is 1. The van der Waals surface area contributed by atoms with Crippen LogP contribution in [0.15, 0.2) is 53.0 Å². The quantitative estimate of drug-likeness (QED) is 0.476.